The first kappa shape index (κ1) is 21.4. The number of carbonyl (C=O) groups excluding carboxylic acids is 2. The highest BCUT2D eigenvalue weighted by atomic mass is 16.5. The van der Waals surface area contributed by atoms with E-state index in [-0.39, 0.29) is 29.9 Å². The molecular formula is C26H32N2O3. The Hall–Kier alpha value is -2.82. The largest absolute Gasteiger partial charge is 0.497 e. The zero-order valence-corrected chi connectivity index (χ0v) is 18.7. The number of hydrogen-bond donors (Lipinski definition) is 0. The molecule has 0 bridgehead atoms. The van der Waals surface area contributed by atoms with Gasteiger partial charge in [-0.25, -0.2) is 0 Å². The number of rotatable bonds is 4. The van der Waals surface area contributed by atoms with Gasteiger partial charge in [-0.3, -0.25) is 9.59 Å². The van der Waals surface area contributed by atoms with Crippen molar-refractivity contribution in [2.24, 2.45) is 0 Å². The SMILES string of the molecule is COc1cccc(C(=O)N2c3ccccc3[C@@H](N(C(C)=O)C3CCCCC3)CC2C)c1. The maximum Gasteiger partial charge on any atom is 0.258 e. The van der Waals surface area contributed by atoms with Crippen LogP contribution < -0.4 is 9.64 Å². The summed E-state index contributed by atoms with van der Waals surface area (Å²) in [6.07, 6.45) is 6.49. The Morgan fingerprint density at radius 1 is 1.03 bits per heavy atom. The topological polar surface area (TPSA) is 49.9 Å². The summed E-state index contributed by atoms with van der Waals surface area (Å²) in [6.45, 7) is 3.77. The molecular weight excluding hydrogens is 388 g/mol. The highest BCUT2D eigenvalue weighted by Crippen LogP contribution is 2.43. The Kier molecular flexibility index (Phi) is 6.30. The molecule has 1 saturated carbocycles. The molecule has 4 rings (SSSR count). The molecule has 0 spiro atoms. The maximum absolute atomic E-state index is 13.5. The second-order valence-electron chi connectivity index (χ2n) is 8.78. The molecule has 0 radical (unpaired) electrons. The number of benzene rings is 2. The molecule has 2 atom stereocenters. The number of nitrogens with zero attached hydrogens (tertiary/aromatic N) is 2. The van der Waals surface area contributed by atoms with Crippen LogP contribution in [0.3, 0.4) is 0 Å². The van der Waals surface area contributed by atoms with Gasteiger partial charge in [-0.05, 0) is 56.0 Å². The minimum absolute atomic E-state index is 0.00107. The summed E-state index contributed by atoms with van der Waals surface area (Å²) in [7, 11) is 1.61. The Morgan fingerprint density at radius 2 is 1.77 bits per heavy atom. The summed E-state index contributed by atoms with van der Waals surface area (Å²) in [4.78, 5) is 30.3. The summed E-state index contributed by atoms with van der Waals surface area (Å²) in [5.74, 6) is 0.762. The van der Waals surface area contributed by atoms with Gasteiger partial charge in [0.2, 0.25) is 5.91 Å². The second kappa shape index (κ2) is 9.13. The highest BCUT2D eigenvalue weighted by Gasteiger charge is 2.39. The molecule has 5 nitrogen and oxygen atoms in total. The lowest BCUT2D eigenvalue weighted by molar-refractivity contribution is -0.135. The van der Waals surface area contributed by atoms with E-state index in [0.29, 0.717) is 11.3 Å². The van der Waals surface area contributed by atoms with Crippen LogP contribution in [0.2, 0.25) is 0 Å². The van der Waals surface area contributed by atoms with Crippen molar-refractivity contribution in [1.29, 1.82) is 0 Å². The molecule has 1 aliphatic carbocycles. The van der Waals surface area contributed by atoms with Gasteiger partial charge in [-0.1, -0.05) is 43.5 Å². The fourth-order valence-corrected chi connectivity index (χ4v) is 5.34. The Bertz CT molecular complexity index is 951. The molecule has 2 aromatic rings. The normalized spacial score (nSPS) is 21.3. The van der Waals surface area contributed by atoms with E-state index < -0.39 is 0 Å². The van der Waals surface area contributed by atoms with Gasteiger partial charge in [0.25, 0.3) is 5.91 Å². The third-order valence-electron chi connectivity index (χ3n) is 6.76. The number of ether oxygens (including phenoxy) is 1. The van der Waals surface area contributed by atoms with E-state index in [2.05, 4.69) is 17.9 Å². The van der Waals surface area contributed by atoms with Crippen LogP contribution in [-0.4, -0.2) is 35.9 Å². The van der Waals surface area contributed by atoms with Gasteiger partial charge in [0, 0.05) is 30.3 Å². The van der Waals surface area contributed by atoms with Crippen molar-refractivity contribution in [2.45, 2.75) is 70.5 Å². The number of anilines is 1. The first-order chi connectivity index (χ1) is 15.0. The molecule has 0 N–H and O–H groups in total. The molecule has 2 amide bonds. The summed E-state index contributed by atoms with van der Waals surface area (Å²) < 4.78 is 5.32. The molecule has 31 heavy (non-hydrogen) atoms. The predicted octanol–water partition coefficient (Wildman–Crippen LogP) is 5.36. The van der Waals surface area contributed by atoms with Crippen molar-refractivity contribution in [3.05, 3.63) is 59.7 Å². The van der Waals surface area contributed by atoms with E-state index in [4.69, 9.17) is 4.74 Å². The number of methoxy groups -OCH3 is 1. The zero-order chi connectivity index (χ0) is 22.0. The minimum atomic E-state index is -0.0376. The number of para-hydroxylation sites is 1. The average Bonchev–Trinajstić information content (AvgIpc) is 2.79. The fourth-order valence-electron chi connectivity index (χ4n) is 5.34. The lowest BCUT2D eigenvalue weighted by Crippen LogP contribution is -2.50. The Labute approximate surface area is 185 Å². The average molecular weight is 421 g/mol. The number of hydrogen-bond acceptors (Lipinski definition) is 3. The number of fused-ring (bicyclic) bond motifs is 1. The van der Waals surface area contributed by atoms with E-state index in [1.54, 1.807) is 20.1 Å². The first-order valence-electron chi connectivity index (χ1n) is 11.4. The Balaban J connectivity index is 1.72. The van der Waals surface area contributed by atoms with Gasteiger partial charge in [-0.2, -0.15) is 0 Å². The van der Waals surface area contributed by atoms with Crippen molar-refractivity contribution >= 4 is 17.5 Å². The second-order valence-corrected chi connectivity index (χ2v) is 8.78. The summed E-state index contributed by atoms with van der Waals surface area (Å²) >= 11 is 0. The fraction of sp³-hybridized carbons (Fsp3) is 0.462. The van der Waals surface area contributed by atoms with Crippen molar-refractivity contribution in [2.75, 3.05) is 12.0 Å². The molecule has 1 aliphatic heterocycles. The smallest absolute Gasteiger partial charge is 0.258 e. The third-order valence-corrected chi connectivity index (χ3v) is 6.76. The van der Waals surface area contributed by atoms with Gasteiger partial charge < -0.3 is 14.5 Å². The summed E-state index contributed by atoms with van der Waals surface area (Å²) in [6, 6.07) is 15.6. The third kappa shape index (κ3) is 4.18. The van der Waals surface area contributed by atoms with Gasteiger partial charge in [0.15, 0.2) is 0 Å². The van der Waals surface area contributed by atoms with Crippen LogP contribution >= 0.6 is 0 Å². The molecule has 1 fully saturated rings. The van der Waals surface area contributed by atoms with Crippen LogP contribution in [0.1, 0.15) is 74.3 Å². The van der Waals surface area contributed by atoms with E-state index in [1.807, 2.05) is 41.3 Å². The molecule has 1 unspecified atom stereocenters. The van der Waals surface area contributed by atoms with Crippen molar-refractivity contribution in [3.8, 4) is 5.75 Å². The van der Waals surface area contributed by atoms with Crippen LogP contribution in [0.4, 0.5) is 5.69 Å². The lowest BCUT2D eigenvalue weighted by Gasteiger charge is -2.46. The van der Waals surface area contributed by atoms with Gasteiger partial charge in [0.05, 0.1) is 13.2 Å². The van der Waals surface area contributed by atoms with Crippen molar-refractivity contribution in [3.63, 3.8) is 0 Å². The zero-order valence-electron chi connectivity index (χ0n) is 18.7. The summed E-state index contributed by atoms with van der Waals surface area (Å²) in [5, 5.41) is 0. The van der Waals surface area contributed by atoms with E-state index in [0.717, 1.165) is 30.5 Å². The van der Waals surface area contributed by atoms with Crippen LogP contribution in [0.25, 0.3) is 0 Å². The first-order valence-corrected chi connectivity index (χ1v) is 11.4. The van der Waals surface area contributed by atoms with E-state index in [9.17, 15) is 9.59 Å². The predicted molar refractivity (Wildman–Crippen MR) is 122 cm³/mol. The monoisotopic (exact) mass is 420 g/mol. The van der Waals surface area contributed by atoms with Crippen LogP contribution in [0, 0.1) is 0 Å². The van der Waals surface area contributed by atoms with E-state index in [1.165, 1.54) is 19.3 Å². The number of carbonyl (C=O) groups is 2. The molecule has 164 valence electrons. The molecule has 2 aromatic carbocycles. The number of amides is 2. The Morgan fingerprint density at radius 3 is 2.48 bits per heavy atom. The molecule has 5 heteroatoms. The van der Waals surface area contributed by atoms with Gasteiger partial charge in [0.1, 0.15) is 5.75 Å². The summed E-state index contributed by atoms with van der Waals surface area (Å²) in [5.41, 5.74) is 2.58. The molecule has 1 heterocycles. The van der Waals surface area contributed by atoms with Gasteiger partial charge >= 0.3 is 0 Å². The molecule has 2 aliphatic rings. The van der Waals surface area contributed by atoms with Crippen LogP contribution in [0.5, 0.6) is 5.75 Å². The lowest BCUT2D eigenvalue weighted by atomic mass is 9.86. The quantitative estimate of drug-likeness (QED) is 0.669. The molecule has 0 aromatic heterocycles. The van der Waals surface area contributed by atoms with Crippen molar-refractivity contribution in [1.82, 2.24) is 4.90 Å². The standard InChI is InChI=1S/C26H32N2O3/c1-18-16-25(28(19(2)29)21-11-5-4-6-12-21)23-14-7-8-15-24(23)27(18)26(30)20-10-9-13-22(17-20)31-3/h7-10,13-15,17-18,21,25H,4-6,11-12,16H2,1-3H3/t18?,25-/m0/s1. The maximum atomic E-state index is 13.5. The van der Waals surface area contributed by atoms with Crippen LogP contribution in [0.15, 0.2) is 48.5 Å². The van der Waals surface area contributed by atoms with E-state index >= 15 is 0 Å². The van der Waals surface area contributed by atoms with Gasteiger partial charge in [-0.15, -0.1) is 0 Å². The highest BCUT2D eigenvalue weighted by molar-refractivity contribution is 6.07. The van der Waals surface area contributed by atoms with Crippen molar-refractivity contribution < 1.29 is 14.3 Å². The molecule has 0 saturated heterocycles. The minimum Gasteiger partial charge on any atom is -0.497 e. The van der Waals surface area contributed by atoms with Crippen LogP contribution in [-0.2, 0) is 4.79 Å².